The molecule has 0 fully saturated rings. The zero-order valence-electron chi connectivity index (χ0n) is 14.8. The highest BCUT2D eigenvalue weighted by Crippen LogP contribution is 2.32. The van der Waals surface area contributed by atoms with Crippen LogP contribution in [0.5, 0.6) is 0 Å². The Balaban J connectivity index is 1.65. The van der Waals surface area contributed by atoms with Crippen LogP contribution in [0, 0.1) is 17.7 Å². The van der Waals surface area contributed by atoms with Crippen molar-refractivity contribution in [1.82, 2.24) is 10.2 Å². The zero-order chi connectivity index (χ0) is 17.6. The van der Waals surface area contributed by atoms with Crippen molar-refractivity contribution >= 4 is 5.69 Å². The molecule has 1 atom stereocenters. The van der Waals surface area contributed by atoms with Gasteiger partial charge >= 0.3 is 0 Å². The normalized spacial score (nSPS) is 18.6. The third-order valence-corrected chi connectivity index (χ3v) is 4.49. The quantitative estimate of drug-likeness (QED) is 0.807. The molecule has 1 aromatic rings. The minimum atomic E-state index is -0.228. The number of likely N-dealkylation sites (N-methyl/N-ethyl adjacent to an activating group) is 2. The lowest BCUT2D eigenvalue weighted by Crippen LogP contribution is -2.31. The number of hydrogen-bond acceptors (Lipinski definition) is 3. The number of benzene rings is 1. The second kappa shape index (κ2) is 8.04. The smallest absolute Gasteiger partial charge is 0.123 e. The maximum absolute atomic E-state index is 12.9. The summed E-state index contributed by atoms with van der Waals surface area (Å²) in [6.45, 7) is 4.55. The van der Waals surface area contributed by atoms with E-state index in [2.05, 4.69) is 52.5 Å². The second-order valence-electron chi connectivity index (χ2n) is 6.18. The summed E-state index contributed by atoms with van der Waals surface area (Å²) in [5.41, 5.74) is 4.65. The van der Waals surface area contributed by atoms with Crippen molar-refractivity contribution < 1.29 is 4.39 Å². The maximum atomic E-state index is 12.9. The maximum Gasteiger partial charge on any atom is 0.123 e. The molecule has 25 heavy (non-hydrogen) atoms. The monoisotopic (exact) mass is 337 g/mol. The summed E-state index contributed by atoms with van der Waals surface area (Å²) in [4.78, 5) is 2.36. The Morgan fingerprint density at radius 3 is 2.76 bits per heavy atom. The Morgan fingerprint density at radius 2 is 2.04 bits per heavy atom. The first-order chi connectivity index (χ1) is 12.2. The Bertz CT molecular complexity index is 763. The molecule has 4 heteroatoms. The lowest BCUT2D eigenvalue weighted by molar-refractivity contribution is 0.328. The third-order valence-electron chi connectivity index (χ3n) is 4.49. The molecule has 3 nitrogen and oxygen atoms in total. The standard InChI is InChI=1S/C21H24FN3/c1-3-25-20(5-4-12-24-19-9-7-18(22)8-10-19)14-17-13-16(15-23-2)6-11-21(17)25/h6-10,13-14,21,23-24H,3,11-12,15H2,1-2H3. The molecule has 130 valence electrons. The predicted octanol–water partition coefficient (Wildman–Crippen LogP) is 3.30. The molecule has 0 saturated carbocycles. The summed E-state index contributed by atoms with van der Waals surface area (Å²) in [6.07, 6.45) is 7.83. The summed E-state index contributed by atoms with van der Waals surface area (Å²) in [5, 5.41) is 6.40. The van der Waals surface area contributed by atoms with Crippen LogP contribution in [0.25, 0.3) is 0 Å². The molecule has 0 bridgehead atoms. The molecule has 0 radical (unpaired) electrons. The molecular weight excluding hydrogens is 313 g/mol. The number of nitrogens with zero attached hydrogens (tertiary/aromatic N) is 1. The van der Waals surface area contributed by atoms with Crippen LogP contribution in [0.1, 0.15) is 13.3 Å². The average molecular weight is 337 g/mol. The van der Waals surface area contributed by atoms with Gasteiger partial charge < -0.3 is 15.5 Å². The first kappa shape index (κ1) is 17.3. The number of halogens is 1. The van der Waals surface area contributed by atoms with Crippen molar-refractivity contribution in [2.24, 2.45) is 0 Å². The van der Waals surface area contributed by atoms with Crippen LogP contribution in [-0.2, 0) is 0 Å². The van der Waals surface area contributed by atoms with Crippen LogP contribution in [0.15, 0.2) is 59.3 Å². The van der Waals surface area contributed by atoms with E-state index in [1.807, 2.05) is 7.05 Å². The summed E-state index contributed by atoms with van der Waals surface area (Å²) in [5.74, 6) is 6.24. The van der Waals surface area contributed by atoms with Crippen molar-refractivity contribution in [3.05, 3.63) is 65.2 Å². The molecular formula is C21H24FN3. The lowest BCUT2D eigenvalue weighted by atomic mass is 9.95. The molecule has 1 aliphatic heterocycles. The van der Waals surface area contributed by atoms with Crippen molar-refractivity contribution in [3.8, 4) is 11.8 Å². The van der Waals surface area contributed by atoms with Crippen molar-refractivity contribution in [2.75, 3.05) is 32.0 Å². The van der Waals surface area contributed by atoms with Gasteiger partial charge in [0.05, 0.1) is 18.3 Å². The van der Waals surface area contributed by atoms with Crippen molar-refractivity contribution in [2.45, 2.75) is 19.4 Å². The van der Waals surface area contributed by atoms with Gasteiger partial charge in [0, 0.05) is 18.8 Å². The minimum Gasteiger partial charge on any atom is -0.374 e. The van der Waals surface area contributed by atoms with Crippen LogP contribution < -0.4 is 10.6 Å². The lowest BCUT2D eigenvalue weighted by Gasteiger charge is -2.28. The van der Waals surface area contributed by atoms with E-state index in [1.54, 1.807) is 12.1 Å². The fraction of sp³-hybridized carbons (Fsp3) is 0.333. The number of fused-ring (bicyclic) bond motifs is 1. The number of hydrogen-bond donors (Lipinski definition) is 2. The fourth-order valence-electron chi connectivity index (χ4n) is 3.30. The van der Waals surface area contributed by atoms with E-state index >= 15 is 0 Å². The molecule has 0 aromatic heterocycles. The van der Waals surface area contributed by atoms with E-state index in [4.69, 9.17) is 0 Å². The molecule has 3 rings (SSSR count). The van der Waals surface area contributed by atoms with Gasteiger partial charge in [-0.15, -0.1) is 0 Å². The van der Waals surface area contributed by atoms with Gasteiger partial charge in [-0.05, 0) is 67.8 Å². The molecule has 1 unspecified atom stereocenters. The summed E-state index contributed by atoms with van der Waals surface area (Å²) < 4.78 is 12.9. The summed E-state index contributed by atoms with van der Waals surface area (Å²) in [6, 6.07) is 6.75. The van der Waals surface area contributed by atoms with Crippen LogP contribution >= 0.6 is 0 Å². The molecule has 0 amide bonds. The van der Waals surface area contributed by atoms with E-state index in [9.17, 15) is 4.39 Å². The number of allylic oxidation sites excluding steroid dienone is 1. The highest BCUT2D eigenvalue weighted by molar-refractivity contribution is 5.50. The van der Waals surface area contributed by atoms with Gasteiger partial charge in [-0.2, -0.15) is 0 Å². The van der Waals surface area contributed by atoms with E-state index in [1.165, 1.54) is 23.3 Å². The highest BCUT2D eigenvalue weighted by atomic mass is 19.1. The van der Waals surface area contributed by atoms with Gasteiger partial charge in [0.15, 0.2) is 0 Å². The minimum absolute atomic E-state index is 0.228. The number of nitrogens with one attached hydrogen (secondary N) is 2. The largest absolute Gasteiger partial charge is 0.374 e. The average Bonchev–Trinajstić information content (AvgIpc) is 2.97. The predicted molar refractivity (Wildman–Crippen MR) is 102 cm³/mol. The summed E-state index contributed by atoms with van der Waals surface area (Å²) in [7, 11) is 1.97. The molecule has 2 aliphatic rings. The van der Waals surface area contributed by atoms with Crippen LogP contribution in [0.4, 0.5) is 10.1 Å². The molecule has 2 N–H and O–H groups in total. The van der Waals surface area contributed by atoms with Gasteiger partial charge in [-0.1, -0.05) is 18.1 Å². The first-order valence-corrected chi connectivity index (χ1v) is 8.73. The van der Waals surface area contributed by atoms with Gasteiger partial charge in [0.2, 0.25) is 0 Å². The number of anilines is 1. The van der Waals surface area contributed by atoms with Gasteiger partial charge in [0.25, 0.3) is 0 Å². The molecule has 1 heterocycles. The summed E-state index contributed by atoms with van der Waals surface area (Å²) >= 11 is 0. The Morgan fingerprint density at radius 1 is 1.24 bits per heavy atom. The van der Waals surface area contributed by atoms with Gasteiger partial charge in [0.1, 0.15) is 5.82 Å². The van der Waals surface area contributed by atoms with E-state index in [-0.39, 0.29) is 5.82 Å². The third kappa shape index (κ3) is 4.12. The Kier molecular flexibility index (Phi) is 5.57. The number of rotatable bonds is 5. The van der Waals surface area contributed by atoms with Crippen molar-refractivity contribution in [1.29, 1.82) is 0 Å². The second-order valence-corrected chi connectivity index (χ2v) is 6.18. The van der Waals surface area contributed by atoms with Gasteiger partial charge in [-0.3, -0.25) is 0 Å². The Hall–Kier alpha value is -2.51. The van der Waals surface area contributed by atoms with Crippen LogP contribution in [-0.4, -0.2) is 37.6 Å². The SMILES string of the molecule is CCN1C(C#CCNc2ccc(F)cc2)=CC2=CC(CNC)=CCC21. The topological polar surface area (TPSA) is 27.3 Å². The first-order valence-electron chi connectivity index (χ1n) is 8.73. The van der Waals surface area contributed by atoms with E-state index in [0.717, 1.165) is 30.9 Å². The molecule has 0 spiro atoms. The van der Waals surface area contributed by atoms with Crippen LogP contribution in [0.2, 0.25) is 0 Å². The zero-order valence-corrected chi connectivity index (χ0v) is 14.8. The van der Waals surface area contributed by atoms with Crippen LogP contribution in [0.3, 0.4) is 0 Å². The van der Waals surface area contributed by atoms with Crippen molar-refractivity contribution in [3.63, 3.8) is 0 Å². The molecule has 1 aromatic carbocycles. The Labute approximate surface area is 149 Å². The molecule has 1 aliphatic carbocycles. The fourth-order valence-corrected chi connectivity index (χ4v) is 3.30. The molecule has 0 saturated heterocycles. The van der Waals surface area contributed by atoms with E-state index < -0.39 is 0 Å². The van der Waals surface area contributed by atoms with Gasteiger partial charge in [-0.25, -0.2) is 4.39 Å². The highest BCUT2D eigenvalue weighted by Gasteiger charge is 2.29. The van der Waals surface area contributed by atoms with E-state index in [0.29, 0.717) is 12.6 Å².